The number of nitrogens with zero attached hydrogens (tertiary/aromatic N) is 1. The van der Waals surface area contributed by atoms with Gasteiger partial charge in [-0.3, -0.25) is 0 Å². The van der Waals surface area contributed by atoms with Gasteiger partial charge in [0.2, 0.25) is 0 Å². The highest BCUT2D eigenvalue weighted by atomic mass is 19.1. The highest BCUT2D eigenvalue weighted by molar-refractivity contribution is 5.67. The summed E-state index contributed by atoms with van der Waals surface area (Å²) in [4.78, 5) is 2.00. The van der Waals surface area contributed by atoms with E-state index < -0.39 is 0 Å². The molecule has 21 heavy (non-hydrogen) atoms. The standard InChI is InChI=1S/C17H21FN2O/c1-11-9-17(15(12(2)19)10-16(11)18)20(3)13-5-7-14(21-4)8-6-13/h5-10,12H,19H2,1-4H3. The third kappa shape index (κ3) is 3.16. The lowest BCUT2D eigenvalue weighted by Crippen LogP contribution is -2.16. The number of anilines is 2. The molecule has 2 rings (SSSR count). The van der Waals surface area contributed by atoms with Crippen LogP contribution in [-0.4, -0.2) is 14.2 Å². The zero-order valence-electron chi connectivity index (χ0n) is 12.9. The van der Waals surface area contributed by atoms with Crippen LogP contribution in [0.25, 0.3) is 0 Å². The van der Waals surface area contributed by atoms with E-state index in [9.17, 15) is 4.39 Å². The summed E-state index contributed by atoms with van der Waals surface area (Å²) in [5.74, 6) is 0.573. The lowest BCUT2D eigenvalue weighted by atomic mass is 10.0. The Balaban J connectivity index is 2.45. The first-order chi connectivity index (χ1) is 9.93. The van der Waals surface area contributed by atoms with Crippen molar-refractivity contribution in [1.29, 1.82) is 0 Å². The van der Waals surface area contributed by atoms with Gasteiger partial charge in [0.05, 0.1) is 7.11 Å². The summed E-state index contributed by atoms with van der Waals surface area (Å²) in [7, 11) is 3.58. The van der Waals surface area contributed by atoms with Crippen LogP contribution >= 0.6 is 0 Å². The molecule has 0 radical (unpaired) electrons. The van der Waals surface area contributed by atoms with Gasteiger partial charge >= 0.3 is 0 Å². The van der Waals surface area contributed by atoms with Crippen LogP contribution in [0.15, 0.2) is 36.4 Å². The van der Waals surface area contributed by atoms with Gasteiger partial charge < -0.3 is 15.4 Å². The van der Waals surface area contributed by atoms with Crippen molar-refractivity contribution < 1.29 is 9.13 Å². The minimum atomic E-state index is -0.240. The van der Waals surface area contributed by atoms with E-state index in [0.717, 1.165) is 22.7 Å². The van der Waals surface area contributed by atoms with Crippen molar-refractivity contribution in [3.8, 4) is 5.75 Å². The third-order valence-corrected chi connectivity index (χ3v) is 3.62. The highest BCUT2D eigenvalue weighted by Gasteiger charge is 2.15. The largest absolute Gasteiger partial charge is 0.497 e. The van der Waals surface area contributed by atoms with Crippen LogP contribution in [0.1, 0.15) is 24.1 Å². The Kier molecular flexibility index (Phi) is 4.48. The topological polar surface area (TPSA) is 38.5 Å². The van der Waals surface area contributed by atoms with Crippen molar-refractivity contribution in [3.63, 3.8) is 0 Å². The maximum Gasteiger partial charge on any atom is 0.126 e. The lowest BCUT2D eigenvalue weighted by molar-refractivity contribution is 0.415. The number of methoxy groups -OCH3 is 1. The third-order valence-electron chi connectivity index (χ3n) is 3.62. The van der Waals surface area contributed by atoms with E-state index in [1.165, 1.54) is 6.07 Å². The van der Waals surface area contributed by atoms with Crippen LogP contribution in [0.5, 0.6) is 5.75 Å². The fraction of sp³-hybridized carbons (Fsp3) is 0.294. The van der Waals surface area contributed by atoms with Crippen molar-refractivity contribution in [2.24, 2.45) is 5.73 Å². The van der Waals surface area contributed by atoms with Gasteiger partial charge in [-0.2, -0.15) is 0 Å². The number of nitrogens with two attached hydrogens (primary N) is 1. The van der Waals surface area contributed by atoms with Crippen molar-refractivity contribution >= 4 is 11.4 Å². The van der Waals surface area contributed by atoms with Crippen LogP contribution in [0, 0.1) is 12.7 Å². The Bertz CT molecular complexity index is 623. The van der Waals surface area contributed by atoms with Gasteiger partial charge in [0, 0.05) is 24.5 Å². The molecule has 0 aliphatic rings. The van der Waals surface area contributed by atoms with Gasteiger partial charge in [-0.25, -0.2) is 4.39 Å². The summed E-state index contributed by atoms with van der Waals surface area (Å²) in [6, 6.07) is 10.8. The Morgan fingerprint density at radius 1 is 1.19 bits per heavy atom. The summed E-state index contributed by atoms with van der Waals surface area (Å²) >= 11 is 0. The van der Waals surface area contributed by atoms with E-state index in [-0.39, 0.29) is 11.9 Å². The molecule has 0 fully saturated rings. The Labute approximate surface area is 125 Å². The molecule has 0 aliphatic heterocycles. The molecule has 3 nitrogen and oxygen atoms in total. The predicted octanol–water partition coefficient (Wildman–Crippen LogP) is 3.93. The molecule has 0 spiro atoms. The van der Waals surface area contributed by atoms with Gasteiger partial charge in [0.1, 0.15) is 11.6 Å². The number of hydrogen-bond acceptors (Lipinski definition) is 3. The SMILES string of the molecule is COc1ccc(N(C)c2cc(C)c(F)cc2C(C)N)cc1. The lowest BCUT2D eigenvalue weighted by Gasteiger charge is -2.25. The zero-order valence-corrected chi connectivity index (χ0v) is 12.9. The fourth-order valence-electron chi connectivity index (χ4n) is 2.28. The molecule has 0 bridgehead atoms. The molecular weight excluding hydrogens is 267 g/mol. The van der Waals surface area contributed by atoms with Crippen molar-refractivity contribution in [2.75, 3.05) is 19.1 Å². The van der Waals surface area contributed by atoms with Crippen LogP contribution < -0.4 is 15.4 Å². The van der Waals surface area contributed by atoms with E-state index in [1.54, 1.807) is 14.0 Å². The molecule has 2 N–H and O–H groups in total. The van der Waals surface area contributed by atoms with Crippen molar-refractivity contribution in [1.82, 2.24) is 0 Å². The molecule has 0 saturated heterocycles. The summed E-state index contributed by atoms with van der Waals surface area (Å²) in [5.41, 5.74) is 9.28. The Hall–Kier alpha value is -2.07. The molecule has 0 heterocycles. The molecule has 2 aromatic carbocycles. The second-order valence-electron chi connectivity index (χ2n) is 5.21. The molecular formula is C17H21FN2O. The van der Waals surface area contributed by atoms with E-state index >= 15 is 0 Å². The maximum atomic E-state index is 13.8. The molecule has 1 unspecified atom stereocenters. The van der Waals surface area contributed by atoms with Crippen molar-refractivity contribution in [3.05, 3.63) is 53.3 Å². The Morgan fingerprint density at radius 3 is 2.33 bits per heavy atom. The van der Waals surface area contributed by atoms with E-state index in [1.807, 2.05) is 49.2 Å². The Morgan fingerprint density at radius 2 is 1.81 bits per heavy atom. The highest BCUT2D eigenvalue weighted by Crippen LogP contribution is 2.32. The van der Waals surface area contributed by atoms with Crippen molar-refractivity contribution in [2.45, 2.75) is 19.9 Å². The van der Waals surface area contributed by atoms with Gasteiger partial charge in [-0.05, 0) is 61.4 Å². The summed E-state index contributed by atoms with van der Waals surface area (Å²) < 4.78 is 19.0. The van der Waals surface area contributed by atoms with Crippen LogP contribution in [0.2, 0.25) is 0 Å². The molecule has 0 saturated carbocycles. The molecule has 4 heteroatoms. The predicted molar refractivity (Wildman–Crippen MR) is 84.8 cm³/mol. The first kappa shape index (κ1) is 15.3. The summed E-state index contributed by atoms with van der Waals surface area (Å²) in [6.45, 7) is 3.61. The number of halogens is 1. The van der Waals surface area contributed by atoms with E-state index in [2.05, 4.69) is 0 Å². The van der Waals surface area contributed by atoms with E-state index in [4.69, 9.17) is 10.5 Å². The molecule has 0 amide bonds. The average molecular weight is 288 g/mol. The minimum Gasteiger partial charge on any atom is -0.497 e. The summed E-state index contributed by atoms with van der Waals surface area (Å²) in [6.07, 6.45) is 0. The normalized spacial score (nSPS) is 12.1. The van der Waals surface area contributed by atoms with Gasteiger partial charge in [-0.15, -0.1) is 0 Å². The van der Waals surface area contributed by atoms with Crippen LogP contribution in [0.3, 0.4) is 0 Å². The van der Waals surface area contributed by atoms with Crippen LogP contribution in [0.4, 0.5) is 15.8 Å². The molecule has 0 aromatic heterocycles. The number of rotatable bonds is 4. The quantitative estimate of drug-likeness (QED) is 0.926. The maximum absolute atomic E-state index is 13.8. The molecule has 0 aliphatic carbocycles. The van der Waals surface area contributed by atoms with Gasteiger partial charge in [-0.1, -0.05) is 0 Å². The number of aryl methyl sites for hydroxylation is 1. The van der Waals surface area contributed by atoms with Crippen LogP contribution in [-0.2, 0) is 0 Å². The first-order valence-corrected chi connectivity index (χ1v) is 6.87. The van der Waals surface area contributed by atoms with Gasteiger partial charge in [0.15, 0.2) is 0 Å². The van der Waals surface area contributed by atoms with E-state index in [0.29, 0.717) is 5.56 Å². The molecule has 1 atom stereocenters. The second kappa shape index (κ2) is 6.14. The number of hydrogen-bond donors (Lipinski definition) is 1. The first-order valence-electron chi connectivity index (χ1n) is 6.87. The number of ether oxygens (including phenoxy) is 1. The second-order valence-corrected chi connectivity index (χ2v) is 5.21. The zero-order chi connectivity index (χ0) is 15.6. The van der Waals surface area contributed by atoms with Gasteiger partial charge in [0.25, 0.3) is 0 Å². The number of benzene rings is 2. The molecule has 112 valence electrons. The smallest absolute Gasteiger partial charge is 0.126 e. The summed E-state index contributed by atoms with van der Waals surface area (Å²) in [5, 5.41) is 0. The average Bonchev–Trinajstić information content (AvgIpc) is 2.48. The minimum absolute atomic E-state index is 0.228. The monoisotopic (exact) mass is 288 g/mol. The fourth-order valence-corrected chi connectivity index (χ4v) is 2.28. The molecule has 2 aromatic rings.